The molecule has 0 amide bonds. The summed E-state index contributed by atoms with van der Waals surface area (Å²) in [5, 5.41) is 20.1. The fraction of sp³-hybridized carbons (Fsp3) is 0.133. The van der Waals surface area contributed by atoms with E-state index in [4.69, 9.17) is 4.74 Å². The first kappa shape index (κ1) is 13.6. The van der Waals surface area contributed by atoms with Crippen LogP contribution in [0.5, 0.6) is 5.75 Å². The molecule has 0 N–H and O–H groups in total. The number of methoxy groups -OCH3 is 1. The molecule has 0 aliphatic rings. The van der Waals surface area contributed by atoms with Crippen LogP contribution in [0.2, 0.25) is 0 Å². The fourth-order valence-corrected chi connectivity index (χ4v) is 2.00. The van der Waals surface area contributed by atoms with Crippen LogP contribution < -0.4 is 4.74 Å². The lowest BCUT2D eigenvalue weighted by atomic mass is 9.97. The molecular weight excluding hydrogens is 256 g/mol. The third-order valence-corrected chi connectivity index (χ3v) is 3.05. The molecular formula is C15H12N2O3. The van der Waals surface area contributed by atoms with Crippen LogP contribution >= 0.6 is 0 Å². The second-order valence-electron chi connectivity index (χ2n) is 4.28. The monoisotopic (exact) mass is 268 g/mol. The van der Waals surface area contributed by atoms with Gasteiger partial charge in [0.15, 0.2) is 0 Å². The third kappa shape index (κ3) is 2.45. The highest BCUT2D eigenvalue weighted by Crippen LogP contribution is 2.31. The van der Waals surface area contributed by atoms with Crippen molar-refractivity contribution in [2.75, 3.05) is 7.11 Å². The SMILES string of the molecule is COc1ccc(-c2cc(C)c([N+](=O)[O-])cc2C#N)cc1. The van der Waals surface area contributed by atoms with Gasteiger partial charge in [-0.15, -0.1) is 0 Å². The number of hydrogen-bond donors (Lipinski definition) is 0. The van der Waals surface area contributed by atoms with Crippen molar-refractivity contribution in [1.82, 2.24) is 0 Å². The predicted octanol–water partition coefficient (Wildman–Crippen LogP) is 3.45. The summed E-state index contributed by atoms with van der Waals surface area (Å²) in [5.74, 6) is 0.714. The predicted molar refractivity (Wildman–Crippen MR) is 74.5 cm³/mol. The minimum Gasteiger partial charge on any atom is -0.497 e. The Labute approximate surface area is 116 Å². The Balaban J connectivity index is 2.58. The molecule has 0 saturated carbocycles. The molecule has 2 aromatic rings. The average Bonchev–Trinajstić information content (AvgIpc) is 2.46. The zero-order valence-electron chi connectivity index (χ0n) is 11.1. The van der Waals surface area contributed by atoms with E-state index in [1.165, 1.54) is 6.07 Å². The van der Waals surface area contributed by atoms with Crippen molar-refractivity contribution < 1.29 is 9.66 Å². The van der Waals surface area contributed by atoms with Crippen molar-refractivity contribution in [2.45, 2.75) is 6.92 Å². The van der Waals surface area contributed by atoms with Crippen LogP contribution in [0.15, 0.2) is 36.4 Å². The van der Waals surface area contributed by atoms with Crippen LogP contribution in [0, 0.1) is 28.4 Å². The second kappa shape index (κ2) is 5.41. The number of nitro benzene ring substituents is 1. The van der Waals surface area contributed by atoms with E-state index in [9.17, 15) is 15.4 Å². The third-order valence-electron chi connectivity index (χ3n) is 3.05. The molecule has 0 fully saturated rings. The Morgan fingerprint density at radius 2 is 1.90 bits per heavy atom. The molecule has 0 heterocycles. The number of benzene rings is 2. The molecule has 0 aliphatic carbocycles. The van der Waals surface area contributed by atoms with Crippen LogP contribution in [0.4, 0.5) is 5.69 Å². The van der Waals surface area contributed by atoms with E-state index >= 15 is 0 Å². The van der Waals surface area contributed by atoms with Gasteiger partial charge in [0.2, 0.25) is 0 Å². The fourth-order valence-electron chi connectivity index (χ4n) is 2.00. The van der Waals surface area contributed by atoms with Crippen LogP contribution in [0.1, 0.15) is 11.1 Å². The number of ether oxygens (including phenoxy) is 1. The van der Waals surface area contributed by atoms with Crippen LogP contribution in [0.25, 0.3) is 11.1 Å². The first-order valence-electron chi connectivity index (χ1n) is 5.90. The number of nitrogens with zero attached hydrogens (tertiary/aromatic N) is 2. The zero-order valence-corrected chi connectivity index (χ0v) is 11.1. The van der Waals surface area contributed by atoms with Crippen LogP contribution in [0.3, 0.4) is 0 Å². The van der Waals surface area contributed by atoms with Gasteiger partial charge in [0.1, 0.15) is 11.8 Å². The Hall–Kier alpha value is -2.87. The summed E-state index contributed by atoms with van der Waals surface area (Å²) >= 11 is 0. The molecule has 2 rings (SSSR count). The molecule has 2 aromatic carbocycles. The number of aryl methyl sites for hydroxylation is 1. The van der Waals surface area contributed by atoms with E-state index in [0.29, 0.717) is 16.9 Å². The molecule has 0 radical (unpaired) electrons. The van der Waals surface area contributed by atoms with Crippen molar-refractivity contribution in [3.63, 3.8) is 0 Å². The van der Waals surface area contributed by atoms with E-state index in [2.05, 4.69) is 0 Å². The molecule has 0 saturated heterocycles. The van der Waals surface area contributed by atoms with Crippen molar-refractivity contribution in [2.24, 2.45) is 0 Å². The van der Waals surface area contributed by atoms with Crippen molar-refractivity contribution >= 4 is 5.69 Å². The van der Waals surface area contributed by atoms with Crippen molar-refractivity contribution in [3.8, 4) is 22.9 Å². The number of nitro groups is 1. The Bertz CT molecular complexity index is 700. The van der Waals surface area contributed by atoms with Gasteiger partial charge < -0.3 is 4.74 Å². The zero-order chi connectivity index (χ0) is 14.7. The molecule has 0 spiro atoms. The van der Waals surface area contributed by atoms with Gasteiger partial charge in [0.25, 0.3) is 5.69 Å². The van der Waals surface area contributed by atoms with Crippen LogP contribution in [-0.2, 0) is 0 Å². The highest BCUT2D eigenvalue weighted by atomic mass is 16.6. The summed E-state index contributed by atoms with van der Waals surface area (Å²) in [6.45, 7) is 1.66. The van der Waals surface area contributed by atoms with E-state index in [-0.39, 0.29) is 11.3 Å². The minimum absolute atomic E-state index is 0.0428. The smallest absolute Gasteiger partial charge is 0.273 e. The maximum absolute atomic E-state index is 10.9. The van der Waals surface area contributed by atoms with Gasteiger partial charge in [-0.25, -0.2) is 0 Å². The number of rotatable bonds is 3. The summed E-state index contributed by atoms with van der Waals surface area (Å²) in [5.41, 5.74) is 2.27. The lowest BCUT2D eigenvalue weighted by molar-refractivity contribution is -0.385. The van der Waals surface area contributed by atoms with Crippen molar-refractivity contribution in [1.29, 1.82) is 5.26 Å². The highest BCUT2D eigenvalue weighted by molar-refractivity contribution is 5.74. The van der Waals surface area contributed by atoms with E-state index < -0.39 is 4.92 Å². The van der Waals surface area contributed by atoms with Gasteiger partial charge in [0, 0.05) is 17.2 Å². The average molecular weight is 268 g/mol. The van der Waals surface area contributed by atoms with Gasteiger partial charge in [-0.3, -0.25) is 10.1 Å². The first-order valence-corrected chi connectivity index (χ1v) is 5.90. The lowest BCUT2D eigenvalue weighted by Gasteiger charge is -2.07. The molecule has 0 bridgehead atoms. The summed E-state index contributed by atoms with van der Waals surface area (Å²) in [6.07, 6.45) is 0. The van der Waals surface area contributed by atoms with Crippen LogP contribution in [-0.4, -0.2) is 12.0 Å². The van der Waals surface area contributed by atoms with E-state index in [1.54, 1.807) is 32.2 Å². The summed E-state index contributed by atoms with van der Waals surface area (Å²) in [4.78, 5) is 10.4. The molecule has 0 aliphatic heterocycles. The maximum atomic E-state index is 10.9. The number of hydrogen-bond acceptors (Lipinski definition) is 4. The molecule has 5 nitrogen and oxygen atoms in total. The van der Waals surface area contributed by atoms with E-state index in [0.717, 1.165) is 5.56 Å². The highest BCUT2D eigenvalue weighted by Gasteiger charge is 2.16. The topological polar surface area (TPSA) is 76.2 Å². The molecule has 0 aromatic heterocycles. The van der Waals surface area contributed by atoms with E-state index in [1.807, 2.05) is 18.2 Å². The van der Waals surface area contributed by atoms with Gasteiger partial charge in [-0.1, -0.05) is 12.1 Å². The molecule has 0 atom stereocenters. The normalized spacial score (nSPS) is 9.85. The molecule has 20 heavy (non-hydrogen) atoms. The first-order chi connectivity index (χ1) is 9.56. The Morgan fingerprint density at radius 3 is 2.40 bits per heavy atom. The van der Waals surface area contributed by atoms with Gasteiger partial charge in [-0.2, -0.15) is 5.26 Å². The lowest BCUT2D eigenvalue weighted by Crippen LogP contribution is -1.95. The molecule has 0 unspecified atom stereocenters. The molecule has 5 heteroatoms. The summed E-state index contributed by atoms with van der Waals surface area (Å²) < 4.78 is 5.08. The minimum atomic E-state index is -0.478. The van der Waals surface area contributed by atoms with Gasteiger partial charge in [-0.05, 0) is 30.7 Å². The summed E-state index contributed by atoms with van der Waals surface area (Å²) in [6, 6.07) is 12.2. The molecule has 100 valence electrons. The largest absolute Gasteiger partial charge is 0.497 e. The summed E-state index contributed by atoms with van der Waals surface area (Å²) in [7, 11) is 1.58. The Morgan fingerprint density at radius 1 is 1.25 bits per heavy atom. The van der Waals surface area contributed by atoms with Gasteiger partial charge >= 0.3 is 0 Å². The Kier molecular flexibility index (Phi) is 3.67. The van der Waals surface area contributed by atoms with Gasteiger partial charge in [0.05, 0.1) is 17.6 Å². The standard InChI is InChI=1S/C15H12N2O3/c1-10-7-14(11-3-5-13(20-2)6-4-11)12(9-16)8-15(10)17(18)19/h3-8H,1-2H3. The second-order valence-corrected chi connectivity index (χ2v) is 4.28. The number of nitriles is 1. The van der Waals surface area contributed by atoms with Crippen molar-refractivity contribution in [3.05, 3.63) is 57.6 Å². The quantitative estimate of drug-likeness (QED) is 0.631. The maximum Gasteiger partial charge on any atom is 0.273 e.